The molecule has 2 rings (SSSR count). The maximum Gasteiger partial charge on any atom is 0.424 e. The molecule has 2 aromatic carbocycles. The van der Waals surface area contributed by atoms with E-state index in [1.54, 1.807) is 5.20 Å². The molecule has 0 aliphatic rings. The zero-order chi connectivity index (χ0) is 14.2. The molecule has 105 valence electrons. The highest BCUT2D eigenvalue weighted by atomic mass is 28.3. The summed E-state index contributed by atoms with van der Waals surface area (Å²) >= 11 is 0. The van der Waals surface area contributed by atoms with Crippen LogP contribution in [-0.2, 0) is 0 Å². The van der Waals surface area contributed by atoms with Gasteiger partial charge in [0, 0.05) is 0 Å². The summed E-state index contributed by atoms with van der Waals surface area (Å²) in [5.41, 5.74) is 0. The molecule has 0 aromatic heterocycles. The minimum atomic E-state index is -0.852. The Morgan fingerprint density at radius 3 is 1.76 bits per heavy atom. The minimum absolute atomic E-state index is 0. The maximum absolute atomic E-state index is 2.30. The van der Waals surface area contributed by atoms with E-state index in [2.05, 4.69) is 92.7 Å². The summed E-state index contributed by atoms with van der Waals surface area (Å²) < 4.78 is 0. The van der Waals surface area contributed by atoms with Crippen LogP contribution in [0.3, 0.4) is 0 Å². The average Bonchev–Trinajstić information content (AvgIpc) is 2.53. The quantitative estimate of drug-likeness (QED) is 0.589. The standard InChI is InChI=1S/C19H21Si.Al.2H/c1-3-5-12-17(4-2)20(18-13-8-6-9-14-18)19-15-10-7-11-16-19;;;/h3,5-16H,4H2,1-2H3;;;/q+1;;;/b5-3-,17-12+;;;. The van der Waals surface area contributed by atoms with Crippen molar-refractivity contribution in [3.8, 4) is 0 Å². The topological polar surface area (TPSA) is 0 Å². The van der Waals surface area contributed by atoms with Crippen LogP contribution in [0.4, 0.5) is 0 Å². The van der Waals surface area contributed by atoms with Gasteiger partial charge in [-0.1, -0.05) is 55.5 Å². The fourth-order valence-corrected chi connectivity index (χ4v) is 5.08. The van der Waals surface area contributed by atoms with Crippen molar-refractivity contribution in [3.63, 3.8) is 0 Å². The van der Waals surface area contributed by atoms with E-state index in [-0.39, 0.29) is 17.4 Å². The maximum atomic E-state index is 2.30. The zero-order valence-corrected chi connectivity index (χ0v) is 16.2. The third-order valence-corrected chi connectivity index (χ3v) is 6.30. The lowest BCUT2D eigenvalue weighted by Crippen LogP contribution is -2.44. The predicted octanol–water partition coefficient (Wildman–Crippen LogP) is 2.83. The van der Waals surface area contributed by atoms with Gasteiger partial charge in [0.05, 0.1) is 5.20 Å². The Morgan fingerprint density at radius 2 is 1.38 bits per heavy atom. The van der Waals surface area contributed by atoms with Gasteiger partial charge in [0.2, 0.25) is 0 Å². The Labute approximate surface area is 141 Å². The van der Waals surface area contributed by atoms with Crippen LogP contribution in [0.1, 0.15) is 20.3 Å². The van der Waals surface area contributed by atoms with Crippen LogP contribution in [0.25, 0.3) is 0 Å². The second-order valence-corrected chi connectivity index (χ2v) is 7.23. The van der Waals surface area contributed by atoms with E-state index in [0.717, 1.165) is 6.42 Å². The number of hydrogen-bond donors (Lipinski definition) is 0. The zero-order valence-electron chi connectivity index (χ0n) is 13.2. The third-order valence-electron chi connectivity index (χ3n) is 3.32. The molecule has 0 unspecified atom stereocenters. The molecular weight excluding hydrogens is 283 g/mol. The molecule has 2 aromatic rings. The molecule has 21 heavy (non-hydrogen) atoms. The molecule has 0 atom stereocenters. The molecule has 0 amide bonds. The van der Waals surface area contributed by atoms with Gasteiger partial charge in [0.15, 0.2) is 0 Å². The van der Waals surface area contributed by atoms with E-state index in [4.69, 9.17) is 0 Å². The highest BCUT2D eigenvalue weighted by Gasteiger charge is 2.36. The van der Waals surface area contributed by atoms with Gasteiger partial charge in [-0.15, -0.1) is 0 Å². The van der Waals surface area contributed by atoms with Gasteiger partial charge in [0.1, 0.15) is 27.7 Å². The number of rotatable bonds is 5. The van der Waals surface area contributed by atoms with Crippen molar-refractivity contribution >= 4 is 36.5 Å². The SMILES string of the molecule is C/C=C\C=C(/CC)[Si+](c1ccccc1)c1ccccc1.[AlH2]. The second-order valence-electron chi connectivity index (χ2n) is 4.68. The minimum Gasteiger partial charge on any atom is -0.0876 e. The Morgan fingerprint density at radius 1 is 0.905 bits per heavy atom. The molecule has 0 aliphatic heterocycles. The first-order chi connectivity index (χ1) is 9.86. The summed E-state index contributed by atoms with van der Waals surface area (Å²) in [4.78, 5) is 0. The van der Waals surface area contributed by atoms with Crippen molar-refractivity contribution in [1.29, 1.82) is 0 Å². The summed E-state index contributed by atoms with van der Waals surface area (Å²) in [6.07, 6.45) is 7.66. The van der Waals surface area contributed by atoms with E-state index in [1.807, 2.05) is 0 Å². The van der Waals surface area contributed by atoms with Gasteiger partial charge in [-0.25, -0.2) is 0 Å². The first kappa shape index (κ1) is 17.7. The molecule has 0 nitrogen and oxygen atoms in total. The molecule has 0 N–H and O–H groups in total. The van der Waals surface area contributed by atoms with Crippen molar-refractivity contribution in [3.05, 3.63) is 84.1 Å². The Bertz CT molecular complexity index is 534. The first-order valence-electron chi connectivity index (χ1n) is 7.16. The van der Waals surface area contributed by atoms with Gasteiger partial charge < -0.3 is 0 Å². The smallest absolute Gasteiger partial charge is 0.0876 e. The molecule has 0 bridgehead atoms. The van der Waals surface area contributed by atoms with Crippen molar-refractivity contribution in [2.24, 2.45) is 0 Å². The first-order valence-corrected chi connectivity index (χ1v) is 8.66. The lowest BCUT2D eigenvalue weighted by Gasteiger charge is -2.04. The van der Waals surface area contributed by atoms with Crippen LogP contribution in [0, 0.1) is 0 Å². The fourth-order valence-electron chi connectivity index (χ4n) is 2.34. The van der Waals surface area contributed by atoms with E-state index in [0.29, 0.717) is 0 Å². The van der Waals surface area contributed by atoms with Crippen molar-refractivity contribution in [1.82, 2.24) is 0 Å². The van der Waals surface area contributed by atoms with Gasteiger partial charge in [-0.05, 0) is 43.7 Å². The molecule has 0 fully saturated rings. The largest absolute Gasteiger partial charge is 0.424 e. The van der Waals surface area contributed by atoms with E-state index >= 15 is 0 Å². The van der Waals surface area contributed by atoms with Gasteiger partial charge in [0.25, 0.3) is 0 Å². The molecule has 0 aliphatic carbocycles. The van der Waals surface area contributed by atoms with Crippen LogP contribution in [0.15, 0.2) is 84.1 Å². The van der Waals surface area contributed by atoms with Gasteiger partial charge in [-0.3, -0.25) is 0 Å². The monoisotopic (exact) mass is 306 g/mol. The average molecular weight is 306 g/mol. The summed E-state index contributed by atoms with van der Waals surface area (Å²) in [7, 11) is -0.852. The van der Waals surface area contributed by atoms with Crippen LogP contribution in [-0.4, -0.2) is 26.2 Å². The van der Waals surface area contributed by atoms with Crippen molar-refractivity contribution in [2.75, 3.05) is 0 Å². The molecule has 0 spiro atoms. The van der Waals surface area contributed by atoms with E-state index < -0.39 is 8.80 Å². The molecule has 0 saturated heterocycles. The van der Waals surface area contributed by atoms with E-state index in [1.165, 1.54) is 10.4 Å². The Hall–Kier alpha value is -1.33. The number of hydrogen-bond acceptors (Lipinski definition) is 0. The van der Waals surface area contributed by atoms with Gasteiger partial charge >= 0.3 is 8.80 Å². The molecule has 1 radical (unpaired) electrons. The molecule has 0 heterocycles. The second kappa shape index (κ2) is 9.58. The van der Waals surface area contributed by atoms with Crippen molar-refractivity contribution < 1.29 is 0 Å². The lowest BCUT2D eigenvalue weighted by molar-refractivity contribution is 1.18. The Balaban J connectivity index is 0.00000220. The Kier molecular flexibility index (Phi) is 8.08. The highest BCUT2D eigenvalue weighted by molar-refractivity contribution is 6.90. The predicted molar refractivity (Wildman–Crippen MR) is 99.6 cm³/mol. The normalized spacial score (nSPS) is 11.2. The third kappa shape index (κ3) is 4.86. The van der Waals surface area contributed by atoms with Crippen LogP contribution >= 0.6 is 0 Å². The van der Waals surface area contributed by atoms with Crippen LogP contribution in [0.5, 0.6) is 0 Å². The highest BCUT2D eigenvalue weighted by Crippen LogP contribution is 2.08. The summed E-state index contributed by atoms with van der Waals surface area (Å²) in [6.45, 7) is 4.33. The number of benzene rings is 2. The summed E-state index contributed by atoms with van der Waals surface area (Å²) in [5.74, 6) is 0. The molecule has 0 saturated carbocycles. The van der Waals surface area contributed by atoms with Crippen LogP contribution < -0.4 is 10.4 Å². The van der Waals surface area contributed by atoms with Crippen LogP contribution in [0.2, 0.25) is 0 Å². The fraction of sp³-hybridized carbons (Fsp3) is 0.158. The van der Waals surface area contributed by atoms with E-state index in [9.17, 15) is 0 Å². The lowest BCUT2D eigenvalue weighted by atomic mass is 10.3. The summed E-state index contributed by atoms with van der Waals surface area (Å²) in [6, 6.07) is 21.8. The summed E-state index contributed by atoms with van der Waals surface area (Å²) in [5, 5.41) is 4.47. The molecule has 2 heteroatoms. The van der Waals surface area contributed by atoms with Gasteiger partial charge in [-0.2, -0.15) is 0 Å². The van der Waals surface area contributed by atoms with Crippen molar-refractivity contribution in [2.45, 2.75) is 20.3 Å². The number of allylic oxidation sites excluding steroid dienone is 4. The molecular formula is C19H23AlSi+.